The number of aliphatic hydroxyl groups excluding tert-OH is 1. The molecule has 0 amide bonds. The van der Waals surface area contributed by atoms with Crippen molar-refractivity contribution in [3.05, 3.63) is 0 Å². The smallest absolute Gasteiger partial charge is 0.0614 e. The highest BCUT2D eigenvalue weighted by molar-refractivity contribution is 5.03. The normalized spacial score (nSPS) is 36.9. The van der Waals surface area contributed by atoms with Gasteiger partial charge in [0.25, 0.3) is 0 Å². The fraction of sp³-hybridized carbons (Fsp3) is 1.00. The zero-order chi connectivity index (χ0) is 11.7. The maximum atomic E-state index is 10.4. The van der Waals surface area contributed by atoms with Gasteiger partial charge < -0.3 is 10.8 Å². The molecule has 0 saturated heterocycles. The van der Waals surface area contributed by atoms with E-state index in [1.54, 1.807) is 0 Å². The molecule has 2 heteroatoms. The fourth-order valence-electron chi connectivity index (χ4n) is 3.85. The highest BCUT2D eigenvalue weighted by Crippen LogP contribution is 2.58. The fourth-order valence-corrected chi connectivity index (χ4v) is 3.85. The molecule has 4 atom stereocenters. The van der Waals surface area contributed by atoms with Crippen LogP contribution in [0, 0.1) is 29.6 Å². The van der Waals surface area contributed by atoms with E-state index in [2.05, 4.69) is 13.8 Å². The van der Waals surface area contributed by atoms with Crippen molar-refractivity contribution in [2.75, 3.05) is 6.54 Å². The Hall–Kier alpha value is -0.0800. The first kappa shape index (κ1) is 12.4. The summed E-state index contributed by atoms with van der Waals surface area (Å²) < 4.78 is 0. The van der Waals surface area contributed by atoms with E-state index in [0.29, 0.717) is 24.3 Å². The van der Waals surface area contributed by atoms with Crippen LogP contribution >= 0.6 is 0 Å². The van der Waals surface area contributed by atoms with Crippen molar-refractivity contribution in [2.24, 2.45) is 35.3 Å². The van der Waals surface area contributed by atoms with Crippen LogP contribution in [0.3, 0.4) is 0 Å². The quantitative estimate of drug-likeness (QED) is 0.754. The Morgan fingerprint density at radius 1 is 1.19 bits per heavy atom. The maximum absolute atomic E-state index is 10.4. The molecule has 2 nitrogen and oxygen atoms in total. The summed E-state index contributed by atoms with van der Waals surface area (Å²) in [5.74, 6) is 3.24. The zero-order valence-electron chi connectivity index (χ0n) is 10.7. The molecule has 2 aliphatic rings. The van der Waals surface area contributed by atoms with E-state index in [-0.39, 0.29) is 6.10 Å². The molecular weight excluding hydrogens is 198 g/mol. The average molecular weight is 225 g/mol. The van der Waals surface area contributed by atoms with Crippen LogP contribution in [-0.2, 0) is 0 Å². The molecule has 0 aromatic carbocycles. The average Bonchev–Trinajstić information content (AvgIpc) is 2.98. The van der Waals surface area contributed by atoms with Gasteiger partial charge in [-0.05, 0) is 55.4 Å². The van der Waals surface area contributed by atoms with Gasteiger partial charge in [-0.2, -0.15) is 0 Å². The lowest BCUT2D eigenvalue weighted by molar-refractivity contribution is 0.0704. The summed E-state index contributed by atoms with van der Waals surface area (Å²) in [6.07, 6.45) is 6.41. The minimum absolute atomic E-state index is 0.125. The first-order valence-corrected chi connectivity index (χ1v) is 7.03. The maximum Gasteiger partial charge on any atom is 0.0614 e. The number of fused-ring (bicyclic) bond motifs is 1. The molecule has 0 bridgehead atoms. The summed E-state index contributed by atoms with van der Waals surface area (Å²) in [7, 11) is 0. The second-order valence-corrected chi connectivity index (χ2v) is 6.31. The first-order valence-electron chi connectivity index (χ1n) is 7.03. The van der Waals surface area contributed by atoms with E-state index in [0.717, 1.165) is 18.3 Å². The van der Waals surface area contributed by atoms with Crippen LogP contribution in [0.25, 0.3) is 0 Å². The van der Waals surface area contributed by atoms with Gasteiger partial charge in [0, 0.05) is 0 Å². The molecule has 0 radical (unpaired) electrons. The van der Waals surface area contributed by atoms with Crippen LogP contribution in [0.4, 0.5) is 0 Å². The molecule has 0 aromatic rings. The molecule has 2 fully saturated rings. The SMILES string of the molecule is CC(C)CC(CN)C(O)C1C2CCCCC21. The lowest BCUT2D eigenvalue weighted by Crippen LogP contribution is -2.31. The van der Waals surface area contributed by atoms with Crippen molar-refractivity contribution in [1.82, 2.24) is 0 Å². The molecule has 2 rings (SSSR count). The third-order valence-electron chi connectivity index (χ3n) is 4.68. The summed E-state index contributed by atoms with van der Waals surface area (Å²) in [5.41, 5.74) is 5.82. The Bertz CT molecular complexity index is 215. The second-order valence-electron chi connectivity index (χ2n) is 6.31. The van der Waals surface area contributed by atoms with Crippen LogP contribution in [0.2, 0.25) is 0 Å². The summed E-state index contributed by atoms with van der Waals surface area (Å²) in [6, 6.07) is 0. The topological polar surface area (TPSA) is 46.2 Å². The highest BCUT2D eigenvalue weighted by Gasteiger charge is 2.55. The predicted octanol–water partition coefficient (Wildman–Crippen LogP) is 2.40. The number of hydrogen-bond acceptors (Lipinski definition) is 2. The Morgan fingerprint density at radius 2 is 1.75 bits per heavy atom. The van der Waals surface area contributed by atoms with E-state index in [1.807, 2.05) is 0 Å². The van der Waals surface area contributed by atoms with Crippen molar-refractivity contribution in [3.8, 4) is 0 Å². The third kappa shape index (κ3) is 2.43. The van der Waals surface area contributed by atoms with Gasteiger partial charge in [0.1, 0.15) is 0 Å². The molecule has 0 aliphatic heterocycles. The predicted molar refractivity (Wildman–Crippen MR) is 66.9 cm³/mol. The molecule has 0 aromatic heterocycles. The van der Waals surface area contributed by atoms with Gasteiger partial charge in [0.2, 0.25) is 0 Å². The lowest BCUT2D eigenvalue weighted by Gasteiger charge is -2.23. The summed E-state index contributed by atoms with van der Waals surface area (Å²) in [4.78, 5) is 0. The van der Waals surface area contributed by atoms with Crippen LogP contribution in [0.5, 0.6) is 0 Å². The van der Waals surface area contributed by atoms with Crippen molar-refractivity contribution in [3.63, 3.8) is 0 Å². The number of rotatable bonds is 5. The Morgan fingerprint density at radius 3 is 2.19 bits per heavy atom. The number of nitrogens with two attached hydrogens (primary N) is 1. The van der Waals surface area contributed by atoms with Crippen molar-refractivity contribution in [2.45, 2.75) is 52.1 Å². The molecular formula is C14H27NO. The van der Waals surface area contributed by atoms with Crippen molar-refractivity contribution < 1.29 is 5.11 Å². The Kier molecular flexibility index (Phi) is 3.91. The second kappa shape index (κ2) is 5.05. The van der Waals surface area contributed by atoms with Crippen LogP contribution in [0.15, 0.2) is 0 Å². The monoisotopic (exact) mass is 225 g/mol. The molecule has 0 spiro atoms. The minimum atomic E-state index is -0.125. The van der Waals surface area contributed by atoms with E-state index in [4.69, 9.17) is 5.73 Å². The molecule has 2 saturated carbocycles. The number of aliphatic hydroxyl groups is 1. The lowest BCUT2D eigenvalue weighted by atomic mass is 9.89. The summed E-state index contributed by atoms with van der Waals surface area (Å²) in [6.45, 7) is 5.08. The molecule has 2 aliphatic carbocycles. The van der Waals surface area contributed by atoms with E-state index < -0.39 is 0 Å². The van der Waals surface area contributed by atoms with E-state index >= 15 is 0 Å². The summed E-state index contributed by atoms with van der Waals surface area (Å²) in [5, 5.41) is 10.4. The van der Waals surface area contributed by atoms with Crippen LogP contribution < -0.4 is 5.73 Å². The molecule has 16 heavy (non-hydrogen) atoms. The van der Waals surface area contributed by atoms with Crippen molar-refractivity contribution in [1.29, 1.82) is 0 Å². The molecule has 94 valence electrons. The largest absolute Gasteiger partial charge is 0.392 e. The van der Waals surface area contributed by atoms with Crippen LogP contribution in [-0.4, -0.2) is 17.8 Å². The van der Waals surface area contributed by atoms with Gasteiger partial charge in [-0.1, -0.05) is 26.7 Å². The van der Waals surface area contributed by atoms with Crippen LogP contribution in [0.1, 0.15) is 46.0 Å². The number of hydrogen-bond donors (Lipinski definition) is 2. The van der Waals surface area contributed by atoms with Gasteiger partial charge in [-0.3, -0.25) is 0 Å². The Balaban J connectivity index is 1.88. The zero-order valence-corrected chi connectivity index (χ0v) is 10.7. The molecule has 3 N–H and O–H groups in total. The van der Waals surface area contributed by atoms with Crippen molar-refractivity contribution >= 4 is 0 Å². The highest BCUT2D eigenvalue weighted by atomic mass is 16.3. The molecule has 0 heterocycles. The third-order valence-corrected chi connectivity index (χ3v) is 4.68. The summed E-state index contributed by atoms with van der Waals surface area (Å²) >= 11 is 0. The van der Waals surface area contributed by atoms with E-state index in [9.17, 15) is 5.11 Å². The van der Waals surface area contributed by atoms with Gasteiger partial charge in [-0.25, -0.2) is 0 Å². The first-order chi connectivity index (χ1) is 7.65. The minimum Gasteiger partial charge on any atom is -0.392 e. The van der Waals surface area contributed by atoms with E-state index in [1.165, 1.54) is 25.7 Å². The van der Waals surface area contributed by atoms with Gasteiger partial charge in [0.15, 0.2) is 0 Å². The van der Waals surface area contributed by atoms with Gasteiger partial charge in [-0.15, -0.1) is 0 Å². The standard InChI is InChI=1S/C14H27NO/c1-9(2)7-10(8-15)14(16)13-11-5-3-4-6-12(11)13/h9-14,16H,3-8,15H2,1-2H3. The Labute approximate surface area is 99.6 Å². The van der Waals surface area contributed by atoms with Gasteiger partial charge in [0.05, 0.1) is 6.10 Å². The van der Waals surface area contributed by atoms with Gasteiger partial charge >= 0.3 is 0 Å². The molecule has 4 unspecified atom stereocenters.